The van der Waals surface area contributed by atoms with Crippen molar-refractivity contribution >= 4 is 0 Å². The van der Waals surface area contributed by atoms with Gasteiger partial charge >= 0.3 is 0 Å². The lowest BCUT2D eigenvalue weighted by atomic mass is 10.0. The van der Waals surface area contributed by atoms with E-state index < -0.39 is 0 Å². The van der Waals surface area contributed by atoms with Crippen molar-refractivity contribution in [3.63, 3.8) is 0 Å². The van der Waals surface area contributed by atoms with E-state index in [9.17, 15) is 0 Å². The number of hydrogen-bond donors (Lipinski definition) is 2. The van der Waals surface area contributed by atoms with Gasteiger partial charge in [0.2, 0.25) is 0 Å². The summed E-state index contributed by atoms with van der Waals surface area (Å²) in [5, 5.41) is 0. The van der Waals surface area contributed by atoms with Gasteiger partial charge in [0.25, 0.3) is 0 Å². The molecule has 1 aliphatic heterocycles. The Morgan fingerprint density at radius 2 is 1.89 bits per heavy atom. The lowest BCUT2D eigenvalue weighted by molar-refractivity contribution is 0.191. The number of benzene rings is 1. The third kappa shape index (κ3) is 3.45. The lowest BCUT2D eigenvalue weighted by Gasteiger charge is -2.34. The Kier molecular flexibility index (Phi) is 4.58. The molecule has 0 bridgehead atoms. The van der Waals surface area contributed by atoms with Gasteiger partial charge in [0.05, 0.1) is 7.11 Å². The fraction of sp³-hybridized carbons (Fsp3) is 0.571. The van der Waals surface area contributed by atoms with Crippen LogP contribution in [0.2, 0.25) is 0 Å². The Morgan fingerprint density at radius 1 is 1.22 bits per heavy atom. The number of likely N-dealkylation sites (tertiary alicyclic amines) is 1. The van der Waals surface area contributed by atoms with E-state index in [1.165, 1.54) is 5.56 Å². The monoisotopic (exact) mass is 249 g/mol. The maximum atomic E-state index is 5.99. The van der Waals surface area contributed by atoms with E-state index in [1.807, 2.05) is 18.2 Å². The zero-order valence-corrected chi connectivity index (χ0v) is 11.0. The van der Waals surface area contributed by atoms with Crippen molar-refractivity contribution in [2.24, 2.45) is 11.5 Å². The quantitative estimate of drug-likeness (QED) is 0.820. The second kappa shape index (κ2) is 6.18. The molecule has 2 rings (SSSR count). The highest BCUT2D eigenvalue weighted by Crippen LogP contribution is 2.18. The van der Waals surface area contributed by atoms with Crippen LogP contribution in [-0.4, -0.2) is 43.7 Å². The molecular weight excluding hydrogens is 226 g/mol. The Bertz CT molecular complexity index is 373. The van der Waals surface area contributed by atoms with Gasteiger partial charge in [0.1, 0.15) is 5.75 Å². The van der Waals surface area contributed by atoms with Gasteiger partial charge in [-0.25, -0.2) is 0 Å². The van der Waals surface area contributed by atoms with Crippen LogP contribution in [0, 0.1) is 0 Å². The highest BCUT2D eigenvalue weighted by atomic mass is 16.5. The van der Waals surface area contributed by atoms with Gasteiger partial charge in [0.15, 0.2) is 0 Å². The number of methoxy groups -OCH3 is 1. The van der Waals surface area contributed by atoms with Crippen LogP contribution < -0.4 is 16.2 Å². The number of piperidine rings is 1. The van der Waals surface area contributed by atoms with Crippen LogP contribution in [0.4, 0.5) is 0 Å². The molecule has 2 atom stereocenters. The zero-order chi connectivity index (χ0) is 13.0. The van der Waals surface area contributed by atoms with Crippen LogP contribution in [0.3, 0.4) is 0 Å². The molecule has 0 amide bonds. The minimum absolute atomic E-state index is 0.214. The summed E-state index contributed by atoms with van der Waals surface area (Å²) in [6, 6.07) is 8.59. The molecule has 0 unspecified atom stereocenters. The average Bonchev–Trinajstić information content (AvgIpc) is 2.35. The van der Waals surface area contributed by atoms with Crippen molar-refractivity contribution < 1.29 is 4.74 Å². The molecule has 0 radical (unpaired) electrons. The first-order chi connectivity index (χ1) is 8.69. The minimum Gasteiger partial charge on any atom is -0.496 e. The van der Waals surface area contributed by atoms with E-state index in [2.05, 4.69) is 11.0 Å². The third-order valence-corrected chi connectivity index (χ3v) is 3.48. The van der Waals surface area contributed by atoms with Gasteiger partial charge in [-0.05, 0) is 24.5 Å². The zero-order valence-electron chi connectivity index (χ0n) is 11.0. The lowest BCUT2D eigenvalue weighted by Crippen LogP contribution is -2.52. The highest BCUT2D eigenvalue weighted by molar-refractivity contribution is 5.33. The van der Waals surface area contributed by atoms with Crippen molar-refractivity contribution in [3.8, 4) is 5.75 Å². The normalized spacial score (nSPS) is 25.1. The van der Waals surface area contributed by atoms with E-state index in [-0.39, 0.29) is 12.1 Å². The van der Waals surface area contributed by atoms with Crippen molar-refractivity contribution in [1.82, 2.24) is 4.90 Å². The van der Waals surface area contributed by atoms with E-state index in [0.717, 1.165) is 38.2 Å². The van der Waals surface area contributed by atoms with Gasteiger partial charge in [-0.2, -0.15) is 0 Å². The summed E-state index contributed by atoms with van der Waals surface area (Å²) in [6.45, 7) is 2.88. The number of rotatable bonds is 4. The number of ether oxygens (including phenoxy) is 1. The first kappa shape index (κ1) is 13.3. The van der Waals surface area contributed by atoms with Gasteiger partial charge in [0, 0.05) is 31.7 Å². The molecule has 1 fully saturated rings. The molecule has 1 aromatic carbocycles. The van der Waals surface area contributed by atoms with E-state index in [4.69, 9.17) is 16.2 Å². The predicted molar refractivity (Wildman–Crippen MR) is 73.7 cm³/mol. The molecule has 100 valence electrons. The van der Waals surface area contributed by atoms with Gasteiger partial charge in [-0.3, -0.25) is 4.90 Å². The summed E-state index contributed by atoms with van der Waals surface area (Å²) in [4.78, 5) is 2.35. The van der Waals surface area contributed by atoms with Crippen LogP contribution >= 0.6 is 0 Å². The van der Waals surface area contributed by atoms with Crippen LogP contribution in [0.5, 0.6) is 5.75 Å². The largest absolute Gasteiger partial charge is 0.496 e. The van der Waals surface area contributed by atoms with E-state index in [0.29, 0.717) is 0 Å². The molecule has 4 N–H and O–H groups in total. The predicted octanol–water partition coefficient (Wildman–Crippen LogP) is 0.598. The summed E-state index contributed by atoms with van der Waals surface area (Å²) >= 11 is 0. The summed E-state index contributed by atoms with van der Waals surface area (Å²) in [5.41, 5.74) is 13.2. The molecule has 1 saturated heterocycles. The van der Waals surface area contributed by atoms with Crippen molar-refractivity contribution in [3.05, 3.63) is 29.8 Å². The van der Waals surface area contributed by atoms with Crippen LogP contribution in [0.1, 0.15) is 12.0 Å². The van der Waals surface area contributed by atoms with Crippen LogP contribution in [0.25, 0.3) is 0 Å². The van der Waals surface area contributed by atoms with E-state index in [1.54, 1.807) is 7.11 Å². The number of nitrogens with two attached hydrogens (primary N) is 2. The standard InChI is InChI=1S/C14H23N3O/c1-18-14-5-3-2-4-11(14)6-7-17-9-12(15)8-13(16)10-17/h2-5,12-13H,6-10,15-16H2,1H3/t12-,13+. The summed E-state index contributed by atoms with van der Waals surface area (Å²) < 4.78 is 5.36. The van der Waals surface area contributed by atoms with Crippen molar-refractivity contribution in [2.75, 3.05) is 26.7 Å². The topological polar surface area (TPSA) is 64.5 Å². The Morgan fingerprint density at radius 3 is 2.56 bits per heavy atom. The highest BCUT2D eigenvalue weighted by Gasteiger charge is 2.22. The number of para-hydroxylation sites is 1. The fourth-order valence-electron chi connectivity index (χ4n) is 2.65. The summed E-state index contributed by atoms with van der Waals surface area (Å²) in [6.07, 6.45) is 1.91. The second-order valence-corrected chi connectivity index (χ2v) is 5.08. The molecule has 0 saturated carbocycles. The summed E-state index contributed by atoms with van der Waals surface area (Å²) in [5.74, 6) is 0.961. The molecule has 0 aromatic heterocycles. The Labute approximate surface area is 109 Å². The first-order valence-corrected chi connectivity index (χ1v) is 6.54. The molecule has 0 aliphatic carbocycles. The second-order valence-electron chi connectivity index (χ2n) is 5.08. The van der Waals surface area contributed by atoms with E-state index >= 15 is 0 Å². The summed E-state index contributed by atoms with van der Waals surface area (Å²) in [7, 11) is 1.71. The van der Waals surface area contributed by atoms with Crippen LogP contribution in [0.15, 0.2) is 24.3 Å². The molecular formula is C14H23N3O. The van der Waals surface area contributed by atoms with Gasteiger partial charge in [-0.1, -0.05) is 18.2 Å². The maximum Gasteiger partial charge on any atom is 0.122 e. The number of hydrogen-bond acceptors (Lipinski definition) is 4. The molecule has 1 aromatic rings. The molecule has 1 heterocycles. The molecule has 18 heavy (non-hydrogen) atoms. The Balaban J connectivity index is 1.91. The van der Waals surface area contributed by atoms with Gasteiger partial charge < -0.3 is 16.2 Å². The average molecular weight is 249 g/mol. The Hall–Kier alpha value is -1.10. The van der Waals surface area contributed by atoms with Crippen LogP contribution in [-0.2, 0) is 6.42 Å². The minimum atomic E-state index is 0.214. The SMILES string of the molecule is COc1ccccc1CCN1C[C@H](N)C[C@H](N)C1. The smallest absolute Gasteiger partial charge is 0.122 e. The molecule has 1 aliphatic rings. The number of nitrogens with zero attached hydrogens (tertiary/aromatic N) is 1. The molecule has 4 nitrogen and oxygen atoms in total. The molecule has 0 spiro atoms. The fourth-order valence-corrected chi connectivity index (χ4v) is 2.65. The van der Waals surface area contributed by atoms with Gasteiger partial charge in [-0.15, -0.1) is 0 Å². The maximum absolute atomic E-state index is 5.99. The first-order valence-electron chi connectivity index (χ1n) is 6.54. The van der Waals surface area contributed by atoms with Crippen molar-refractivity contribution in [1.29, 1.82) is 0 Å². The molecule has 4 heteroatoms. The third-order valence-electron chi connectivity index (χ3n) is 3.48. The van der Waals surface area contributed by atoms with Crippen molar-refractivity contribution in [2.45, 2.75) is 24.9 Å².